The van der Waals surface area contributed by atoms with Gasteiger partial charge in [-0.2, -0.15) is 5.26 Å². The van der Waals surface area contributed by atoms with Crippen molar-refractivity contribution in [3.63, 3.8) is 0 Å². The van der Waals surface area contributed by atoms with Crippen LogP contribution in [-0.4, -0.2) is 30.7 Å². The van der Waals surface area contributed by atoms with Crippen LogP contribution in [0.2, 0.25) is 0 Å². The van der Waals surface area contributed by atoms with E-state index in [2.05, 4.69) is 46.9 Å². The molecule has 1 unspecified atom stereocenters. The van der Waals surface area contributed by atoms with Crippen LogP contribution in [0.4, 0.5) is 0 Å². The number of benzene rings is 2. The van der Waals surface area contributed by atoms with Gasteiger partial charge in [0, 0.05) is 36.9 Å². The molecule has 0 radical (unpaired) electrons. The van der Waals surface area contributed by atoms with Crippen LogP contribution in [0.5, 0.6) is 0 Å². The molecule has 0 aliphatic rings. The van der Waals surface area contributed by atoms with Crippen LogP contribution in [0.15, 0.2) is 102 Å². The molecule has 0 saturated heterocycles. The number of likely N-dealkylation sites (N-methyl/N-ethyl adjacent to an activating group) is 1. The predicted molar refractivity (Wildman–Crippen MR) is 185 cm³/mol. The Bertz CT molecular complexity index is 1360. The van der Waals surface area contributed by atoms with Crippen molar-refractivity contribution in [2.75, 3.05) is 13.7 Å². The van der Waals surface area contributed by atoms with Gasteiger partial charge in [0.2, 0.25) is 0 Å². The second-order valence-corrected chi connectivity index (χ2v) is 11.4. The lowest BCUT2D eigenvalue weighted by atomic mass is 9.96. The number of nitrogens with zero attached hydrogens (tertiary/aromatic N) is 3. The standard InChI is InChI=1S/C39H51N3O2/c1-8-11-15-25-44-32(6)20-19-31(5)42(7)39(26-30(4)10-3)41-38(18-12-9-2)36(29-43)27-33-21-23-34(24-22-33)37-17-14-13-16-35(37)28-40/h13-14,16-17,19-24,29-30H,5-6,8-12,15,18,25-27H2,1-4,7H3/b20-19-,38-36-,41-39?. The summed E-state index contributed by atoms with van der Waals surface area (Å²) < 4.78 is 5.74. The number of hydrogen-bond acceptors (Lipinski definition) is 4. The van der Waals surface area contributed by atoms with Gasteiger partial charge in [-0.05, 0) is 60.1 Å². The van der Waals surface area contributed by atoms with E-state index in [4.69, 9.17) is 9.73 Å². The molecule has 0 aliphatic heterocycles. The first kappa shape index (κ1) is 36.0. The summed E-state index contributed by atoms with van der Waals surface area (Å²) in [7, 11) is 1.98. The number of amidine groups is 1. The lowest BCUT2D eigenvalue weighted by Gasteiger charge is -2.25. The van der Waals surface area contributed by atoms with Gasteiger partial charge in [0.05, 0.1) is 18.2 Å². The molecule has 2 aromatic carbocycles. The summed E-state index contributed by atoms with van der Waals surface area (Å²) in [4.78, 5) is 19.7. The van der Waals surface area contributed by atoms with Crippen molar-refractivity contribution in [2.45, 2.75) is 85.5 Å². The van der Waals surface area contributed by atoms with Gasteiger partial charge in [0.1, 0.15) is 17.9 Å². The van der Waals surface area contributed by atoms with Crippen molar-refractivity contribution >= 4 is 12.1 Å². The fourth-order valence-corrected chi connectivity index (χ4v) is 4.64. The van der Waals surface area contributed by atoms with E-state index in [1.54, 1.807) is 0 Å². The molecule has 0 bridgehead atoms. The maximum absolute atomic E-state index is 12.5. The fourth-order valence-electron chi connectivity index (χ4n) is 4.64. The highest BCUT2D eigenvalue weighted by atomic mass is 16.5. The maximum atomic E-state index is 12.5. The minimum Gasteiger partial charge on any atom is -0.494 e. The van der Waals surface area contributed by atoms with Gasteiger partial charge in [-0.3, -0.25) is 4.79 Å². The van der Waals surface area contributed by atoms with Gasteiger partial charge < -0.3 is 9.64 Å². The summed E-state index contributed by atoms with van der Waals surface area (Å²) in [5.41, 5.74) is 5.84. The van der Waals surface area contributed by atoms with E-state index in [1.165, 1.54) is 0 Å². The quantitative estimate of drug-likeness (QED) is 0.0309. The van der Waals surface area contributed by atoms with Gasteiger partial charge in [0.15, 0.2) is 0 Å². The van der Waals surface area contributed by atoms with Gasteiger partial charge in [-0.1, -0.05) is 109 Å². The molecule has 2 rings (SSSR count). The van der Waals surface area contributed by atoms with E-state index < -0.39 is 0 Å². The Hall–Kier alpha value is -4.17. The number of aliphatic imine (C=N–C) groups is 1. The number of hydrogen-bond donors (Lipinski definition) is 0. The number of rotatable bonds is 19. The Morgan fingerprint density at radius 2 is 1.73 bits per heavy atom. The average molecular weight is 594 g/mol. The predicted octanol–water partition coefficient (Wildman–Crippen LogP) is 9.97. The molecule has 44 heavy (non-hydrogen) atoms. The number of nitriles is 1. The lowest BCUT2D eigenvalue weighted by molar-refractivity contribution is -0.105. The number of unbranched alkanes of at least 4 members (excludes halogenated alkanes) is 3. The van der Waals surface area contributed by atoms with Crippen LogP contribution < -0.4 is 0 Å². The third kappa shape index (κ3) is 11.8. The molecule has 0 heterocycles. The molecule has 0 aromatic heterocycles. The molecule has 1 atom stereocenters. The minimum atomic E-state index is 0.417. The summed E-state index contributed by atoms with van der Waals surface area (Å²) in [5, 5.41) is 9.51. The zero-order valence-corrected chi connectivity index (χ0v) is 27.6. The first-order chi connectivity index (χ1) is 21.3. The third-order valence-electron chi connectivity index (χ3n) is 7.79. The summed E-state index contributed by atoms with van der Waals surface area (Å²) in [6, 6.07) is 18.0. The molecule has 5 heteroatoms. The average Bonchev–Trinajstić information content (AvgIpc) is 3.05. The maximum Gasteiger partial charge on any atom is 0.148 e. The van der Waals surface area contributed by atoms with Crippen LogP contribution in [0.1, 0.15) is 90.2 Å². The van der Waals surface area contributed by atoms with Gasteiger partial charge in [-0.15, -0.1) is 0 Å². The van der Waals surface area contributed by atoms with Crippen molar-refractivity contribution in [3.05, 3.63) is 108 Å². The summed E-state index contributed by atoms with van der Waals surface area (Å²) in [6.45, 7) is 17.7. The number of carbonyl (C=O) groups is 1. The van der Waals surface area contributed by atoms with Gasteiger partial charge in [0.25, 0.3) is 0 Å². The summed E-state index contributed by atoms with van der Waals surface area (Å²) >= 11 is 0. The second-order valence-electron chi connectivity index (χ2n) is 11.4. The highest BCUT2D eigenvalue weighted by Crippen LogP contribution is 2.26. The Labute approximate surface area is 266 Å². The normalized spacial score (nSPS) is 12.8. The first-order valence-corrected chi connectivity index (χ1v) is 16.0. The molecule has 234 valence electrons. The van der Waals surface area contributed by atoms with E-state index in [0.29, 0.717) is 35.8 Å². The Kier molecular flexibility index (Phi) is 16.3. The van der Waals surface area contributed by atoms with E-state index in [0.717, 1.165) is 91.6 Å². The van der Waals surface area contributed by atoms with Crippen LogP contribution in [0.3, 0.4) is 0 Å². The number of carbonyl (C=O) groups excluding carboxylic acids is 1. The van der Waals surface area contributed by atoms with Crippen LogP contribution >= 0.6 is 0 Å². The van der Waals surface area contributed by atoms with Crippen molar-refractivity contribution in [3.8, 4) is 17.2 Å². The SMILES string of the molecule is C=C(/C=C\C(=C)N(C)C(CC(C)CC)=N/C(CCCC)=C(\C=O)Cc1ccc(-c2ccccc2C#N)cc1)OCCCCC. The van der Waals surface area contributed by atoms with Crippen LogP contribution in [0.25, 0.3) is 11.1 Å². The first-order valence-electron chi connectivity index (χ1n) is 16.0. The number of aldehydes is 1. The molecule has 0 saturated carbocycles. The zero-order chi connectivity index (χ0) is 32.3. The topological polar surface area (TPSA) is 65.7 Å². The van der Waals surface area contributed by atoms with Gasteiger partial charge >= 0.3 is 0 Å². The van der Waals surface area contributed by atoms with Gasteiger partial charge in [-0.25, -0.2) is 4.99 Å². The lowest BCUT2D eigenvalue weighted by Crippen LogP contribution is -2.27. The smallest absolute Gasteiger partial charge is 0.148 e. The van der Waals surface area contributed by atoms with Crippen LogP contribution in [0, 0.1) is 17.2 Å². The summed E-state index contributed by atoms with van der Waals surface area (Å²) in [6.07, 6.45) is 13.0. The van der Waals surface area contributed by atoms with Crippen molar-refractivity contribution in [1.82, 2.24) is 4.90 Å². The third-order valence-corrected chi connectivity index (χ3v) is 7.79. The summed E-state index contributed by atoms with van der Waals surface area (Å²) in [5.74, 6) is 1.92. The highest BCUT2D eigenvalue weighted by Gasteiger charge is 2.16. The molecule has 0 N–H and O–H groups in total. The molecule has 2 aromatic rings. The molecule has 5 nitrogen and oxygen atoms in total. The van der Waals surface area contributed by atoms with Crippen molar-refractivity contribution in [2.24, 2.45) is 10.9 Å². The van der Waals surface area contributed by atoms with Crippen molar-refractivity contribution in [1.29, 1.82) is 5.26 Å². The molecule has 0 spiro atoms. The van der Waals surface area contributed by atoms with E-state index in [-0.39, 0.29) is 0 Å². The Morgan fingerprint density at radius 3 is 2.36 bits per heavy atom. The fraction of sp³-hybridized carbons (Fsp3) is 0.410. The van der Waals surface area contributed by atoms with E-state index >= 15 is 0 Å². The van der Waals surface area contributed by atoms with E-state index in [1.807, 2.05) is 72.6 Å². The minimum absolute atomic E-state index is 0.417. The molecule has 0 aliphatic carbocycles. The second kappa shape index (κ2) is 19.9. The number of allylic oxidation sites excluding steroid dienone is 4. The zero-order valence-electron chi connectivity index (χ0n) is 27.6. The molecular formula is C39H51N3O2. The Morgan fingerprint density at radius 1 is 1.02 bits per heavy atom. The molecule has 0 amide bonds. The monoisotopic (exact) mass is 593 g/mol. The highest BCUT2D eigenvalue weighted by molar-refractivity contribution is 5.86. The number of ether oxygens (including phenoxy) is 1. The molecule has 0 fully saturated rings. The van der Waals surface area contributed by atoms with Crippen LogP contribution in [-0.2, 0) is 16.0 Å². The Balaban J connectivity index is 2.38. The van der Waals surface area contributed by atoms with Crippen molar-refractivity contribution < 1.29 is 9.53 Å². The largest absolute Gasteiger partial charge is 0.494 e. The van der Waals surface area contributed by atoms with E-state index in [9.17, 15) is 10.1 Å². The molecular weight excluding hydrogens is 542 g/mol.